The first-order valence-electron chi connectivity index (χ1n) is 7.14. The van der Waals surface area contributed by atoms with Crippen molar-refractivity contribution in [3.63, 3.8) is 0 Å². The van der Waals surface area contributed by atoms with Crippen molar-refractivity contribution in [1.82, 2.24) is 10.3 Å². The quantitative estimate of drug-likeness (QED) is 0.370. The molecule has 0 aromatic rings. The fourth-order valence-electron chi connectivity index (χ4n) is 2.41. The van der Waals surface area contributed by atoms with E-state index >= 15 is 0 Å². The van der Waals surface area contributed by atoms with E-state index < -0.39 is 14.6 Å². The van der Waals surface area contributed by atoms with Crippen LogP contribution in [0.15, 0.2) is 5.10 Å². The smallest absolute Gasteiger partial charge is 0.160 e. The SMILES string of the molecule is C=NN(C)CCCCNCC1(S(=O)(=O)C2CC2)CC1. The lowest BCUT2D eigenvalue weighted by Crippen LogP contribution is -2.38. The predicted molar refractivity (Wildman–Crippen MR) is 78.2 cm³/mol. The Kier molecular flexibility index (Phi) is 4.50. The lowest BCUT2D eigenvalue weighted by Gasteiger charge is -2.17. The summed E-state index contributed by atoms with van der Waals surface area (Å²) in [5.74, 6) is 0. The molecular weight excluding hydrogens is 262 g/mol. The third-order valence-electron chi connectivity index (χ3n) is 4.15. The standard InChI is InChI=1S/C13H25N3O2S/c1-14-16(2)10-4-3-9-15-11-13(7-8-13)19(17,18)12-5-6-12/h12,15H,1,3-11H2,2H3. The van der Waals surface area contributed by atoms with Crippen molar-refractivity contribution in [2.45, 2.75) is 48.5 Å². The van der Waals surface area contributed by atoms with Crippen molar-refractivity contribution < 1.29 is 8.42 Å². The van der Waals surface area contributed by atoms with Crippen LogP contribution in [0.1, 0.15) is 38.5 Å². The van der Waals surface area contributed by atoms with Gasteiger partial charge in [-0.3, -0.25) is 0 Å². The number of hydrazone groups is 1. The minimum Gasteiger partial charge on any atom is -0.315 e. The highest BCUT2D eigenvalue weighted by Crippen LogP contribution is 2.49. The molecule has 0 heterocycles. The van der Waals surface area contributed by atoms with Crippen LogP contribution in [0.5, 0.6) is 0 Å². The molecule has 2 aliphatic carbocycles. The molecule has 2 fully saturated rings. The first-order chi connectivity index (χ1) is 9.02. The summed E-state index contributed by atoms with van der Waals surface area (Å²) in [5, 5.41) is 8.92. The van der Waals surface area contributed by atoms with Crippen LogP contribution in [0.2, 0.25) is 0 Å². The molecule has 0 saturated heterocycles. The van der Waals surface area contributed by atoms with Crippen LogP contribution in [0, 0.1) is 0 Å². The first kappa shape index (κ1) is 14.8. The zero-order chi connectivity index (χ0) is 13.9. The van der Waals surface area contributed by atoms with Gasteiger partial charge in [0.25, 0.3) is 0 Å². The Morgan fingerprint density at radius 3 is 2.58 bits per heavy atom. The maximum atomic E-state index is 12.3. The number of nitrogens with zero attached hydrogens (tertiary/aromatic N) is 2. The van der Waals surface area contributed by atoms with Crippen molar-refractivity contribution in [1.29, 1.82) is 0 Å². The van der Waals surface area contributed by atoms with E-state index in [1.165, 1.54) is 0 Å². The van der Waals surface area contributed by atoms with Gasteiger partial charge in [-0.2, -0.15) is 5.10 Å². The number of rotatable bonds is 10. The molecular formula is C13H25N3O2S. The van der Waals surface area contributed by atoms with Gasteiger partial charge in [-0.05, 0) is 45.1 Å². The van der Waals surface area contributed by atoms with Crippen molar-refractivity contribution in [2.75, 3.05) is 26.7 Å². The summed E-state index contributed by atoms with van der Waals surface area (Å²) >= 11 is 0. The van der Waals surface area contributed by atoms with Crippen LogP contribution in [0.25, 0.3) is 0 Å². The van der Waals surface area contributed by atoms with Gasteiger partial charge in [-0.25, -0.2) is 8.42 Å². The van der Waals surface area contributed by atoms with E-state index in [0.29, 0.717) is 6.54 Å². The summed E-state index contributed by atoms with van der Waals surface area (Å²) < 4.78 is 24.1. The third-order valence-corrected chi connectivity index (χ3v) is 7.26. The van der Waals surface area contributed by atoms with Crippen LogP contribution in [0.4, 0.5) is 0 Å². The zero-order valence-electron chi connectivity index (χ0n) is 11.8. The molecule has 0 radical (unpaired) electrons. The predicted octanol–water partition coefficient (Wildman–Crippen LogP) is 1.01. The molecule has 0 atom stereocenters. The van der Waals surface area contributed by atoms with Gasteiger partial charge in [0.2, 0.25) is 0 Å². The molecule has 0 spiro atoms. The van der Waals surface area contributed by atoms with Crippen LogP contribution in [-0.2, 0) is 9.84 Å². The van der Waals surface area contributed by atoms with Gasteiger partial charge in [-0.15, -0.1) is 0 Å². The molecule has 2 saturated carbocycles. The fourth-order valence-corrected chi connectivity index (χ4v) is 4.85. The maximum absolute atomic E-state index is 12.3. The molecule has 0 unspecified atom stereocenters. The Balaban J connectivity index is 1.62. The highest BCUT2D eigenvalue weighted by molar-refractivity contribution is 7.94. The Morgan fingerprint density at radius 2 is 2.05 bits per heavy atom. The second kappa shape index (κ2) is 5.79. The Morgan fingerprint density at radius 1 is 1.37 bits per heavy atom. The minimum atomic E-state index is -2.86. The van der Waals surface area contributed by atoms with Crippen molar-refractivity contribution in [3.8, 4) is 0 Å². The molecule has 0 amide bonds. The highest BCUT2D eigenvalue weighted by atomic mass is 32.2. The van der Waals surface area contributed by atoms with E-state index in [9.17, 15) is 8.42 Å². The van der Waals surface area contributed by atoms with E-state index in [2.05, 4.69) is 17.1 Å². The molecule has 110 valence electrons. The van der Waals surface area contributed by atoms with Crippen LogP contribution in [-0.4, -0.2) is 56.8 Å². The van der Waals surface area contributed by atoms with Gasteiger partial charge in [0.15, 0.2) is 9.84 Å². The third kappa shape index (κ3) is 3.48. The lowest BCUT2D eigenvalue weighted by atomic mass is 10.3. The van der Waals surface area contributed by atoms with Crippen LogP contribution < -0.4 is 5.32 Å². The van der Waals surface area contributed by atoms with Crippen molar-refractivity contribution in [3.05, 3.63) is 0 Å². The number of unbranched alkanes of at least 4 members (excludes halogenated alkanes) is 1. The Hall–Kier alpha value is -0.620. The molecule has 0 aliphatic heterocycles. The summed E-state index contributed by atoms with van der Waals surface area (Å²) in [7, 11) is -0.954. The van der Waals surface area contributed by atoms with Crippen LogP contribution >= 0.6 is 0 Å². The summed E-state index contributed by atoms with van der Waals surface area (Å²) in [6, 6.07) is 0. The summed E-state index contributed by atoms with van der Waals surface area (Å²) in [5.41, 5.74) is 0. The highest BCUT2D eigenvalue weighted by Gasteiger charge is 2.58. The zero-order valence-corrected chi connectivity index (χ0v) is 12.6. The monoisotopic (exact) mass is 287 g/mol. The largest absolute Gasteiger partial charge is 0.315 e. The van der Waals surface area contributed by atoms with E-state index in [1.54, 1.807) is 0 Å². The minimum absolute atomic E-state index is 0.0240. The van der Waals surface area contributed by atoms with E-state index in [-0.39, 0.29) is 5.25 Å². The van der Waals surface area contributed by atoms with E-state index in [1.807, 2.05) is 12.1 Å². The van der Waals surface area contributed by atoms with E-state index in [0.717, 1.165) is 51.6 Å². The molecule has 2 aliphatic rings. The normalized spacial score (nSPS) is 21.1. The molecule has 0 aromatic heterocycles. The topological polar surface area (TPSA) is 61.8 Å². The summed E-state index contributed by atoms with van der Waals surface area (Å²) in [6.45, 7) is 5.88. The second-order valence-corrected chi connectivity index (χ2v) is 8.46. The molecule has 5 nitrogen and oxygen atoms in total. The maximum Gasteiger partial charge on any atom is 0.160 e. The van der Waals surface area contributed by atoms with Crippen molar-refractivity contribution in [2.24, 2.45) is 5.10 Å². The average Bonchev–Trinajstić information content (AvgIpc) is 3.26. The number of sulfone groups is 1. The van der Waals surface area contributed by atoms with Gasteiger partial charge >= 0.3 is 0 Å². The van der Waals surface area contributed by atoms with Gasteiger partial charge in [0.1, 0.15) is 0 Å². The molecule has 0 bridgehead atoms. The molecule has 1 N–H and O–H groups in total. The Bertz CT molecular complexity index is 414. The molecule has 6 heteroatoms. The molecule has 19 heavy (non-hydrogen) atoms. The number of hydrogen-bond acceptors (Lipinski definition) is 5. The number of hydrogen-bond donors (Lipinski definition) is 1. The van der Waals surface area contributed by atoms with Gasteiger partial charge in [-0.1, -0.05) is 0 Å². The average molecular weight is 287 g/mol. The number of nitrogens with one attached hydrogen (secondary N) is 1. The van der Waals surface area contributed by atoms with Gasteiger partial charge < -0.3 is 10.3 Å². The second-order valence-electron chi connectivity index (χ2n) is 5.83. The fraction of sp³-hybridized carbons (Fsp3) is 0.923. The summed E-state index contributed by atoms with van der Waals surface area (Å²) in [6.07, 6.45) is 5.55. The molecule has 2 rings (SSSR count). The van der Waals surface area contributed by atoms with Gasteiger partial charge in [0, 0.05) is 26.9 Å². The van der Waals surface area contributed by atoms with E-state index in [4.69, 9.17) is 0 Å². The van der Waals surface area contributed by atoms with Crippen molar-refractivity contribution >= 4 is 16.6 Å². The Labute approximate surface area is 116 Å². The molecule has 0 aromatic carbocycles. The lowest BCUT2D eigenvalue weighted by molar-refractivity contribution is 0.346. The van der Waals surface area contributed by atoms with Crippen LogP contribution in [0.3, 0.4) is 0 Å². The summed E-state index contributed by atoms with van der Waals surface area (Å²) in [4.78, 5) is 0. The van der Waals surface area contributed by atoms with Gasteiger partial charge in [0.05, 0.1) is 10.00 Å². The first-order valence-corrected chi connectivity index (χ1v) is 8.68.